The van der Waals surface area contributed by atoms with Gasteiger partial charge < -0.3 is 14.8 Å². The Labute approximate surface area is 239 Å². The van der Waals surface area contributed by atoms with Crippen molar-refractivity contribution in [2.45, 2.75) is 43.9 Å². The molecule has 0 spiro atoms. The van der Waals surface area contributed by atoms with Gasteiger partial charge in [0.2, 0.25) is 11.8 Å². The Hall–Kier alpha value is -4.07. The lowest BCUT2D eigenvalue weighted by molar-refractivity contribution is -0.147. The lowest BCUT2D eigenvalue weighted by atomic mass is 9.96. The van der Waals surface area contributed by atoms with Crippen LogP contribution in [0.1, 0.15) is 41.5 Å². The molecule has 1 saturated heterocycles. The monoisotopic (exact) mass is 604 g/mol. The maximum absolute atomic E-state index is 14.0. The summed E-state index contributed by atoms with van der Waals surface area (Å²) in [4.78, 5) is 26.7. The third-order valence-corrected chi connectivity index (χ3v) is 9.07. The van der Waals surface area contributed by atoms with Gasteiger partial charge in [0.05, 0.1) is 34.1 Å². The standard InChI is InChI=1S/C28H28F4N6O3S/c1-2-42(40,41)22-6-3-18(4-7-22)14-33-25(39)20-5-8-24-23(13-20)36-26(28(30,31)32)38(24)17-19-9-11-37(12-10-19)27-34-15-21(29)16-35-27/h3-8,13,15-16,19H,2,9-12,14,17H2,1H3,(H,33,39). The highest BCUT2D eigenvalue weighted by Crippen LogP contribution is 2.34. The Morgan fingerprint density at radius 1 is 1.05 bits per heavy atom. The van der Waals surface area contributed by atoms with Crippen molar-refractivity contribution in [3.8, 4) is 0 Å². The number of halogens is 4. The number of aromatic nitrogens is 4. The molecule has 1 N–H and O–H groups in total. The zero-order chi connectivity index (χ0) is 30.1. The first kappa shape index (κ1) is 29.4. The number of benzene rings is 2. The van der Waals surface area contributed by atoms with Gasteiger partial charge in [0, 0.05) is 31.7 Å². The molecule has 0 saturated carbocycles. The maximum atomic E-state index is 14.0. The van der Waals surface area contributed by atoms with E-state index in [4.69, 9.17) is 0 Å². The van der Waals surface area contributed by atoms with E-state index in [0.717, 1.165) is 17.0 Å². The number of imidazole rings is 1. The van der Waals surface area contributed by atoms with Gasteiger partial charge in [-0.2, -0.15) is 13.2 Å². The molecular weight excluding hydrogens is 576 g/mol. The van der Waals surface area contributed by atoms with Gasteiger partial charge in [-0.1, -0.05) is 19.1 Å². The van der Waals surface area contributed by atoms with Crippen molar-refractivity contribution in [2.75, 3.05) is 23.7 Å². The van der Waals surface area contributed by atoms with Crippen LogP contribution < -0.4 is 10.2 Å². The summed E-state index contributed by atoms with van der Waals surface area (Å²) in [5.41, 5.74) is 1.15. The number of carbonyl (C=O) groups excluding carboxylic acids is 1. The van der Waals surface area contributed by atoms with Crippen LogP contribution in [0, 0.1) is 11.7 Å². The van der Waals surface area contributed by atoms with Crippen molar-refractivity contribution >= 4 is 32.7 Å². The number of hydrogen-bond acceptors (Lipinski definition) is 7. The van der Waals surface area contributed by atoms with Crippen molar-refractivity contribution in [1.29, 1.82) is 0 Å². The van der Waals surface area contributed by atoms with Crippen LogP contribution in [0.15, 0.2) is 59.8 Å². The Bertz CT molecular complexity index is 1680. The van der Waals surface area contributed by atoms with Gasteiger partial charge >= 0.3 is 6.18 Å². The van der Waals surface area contributed by atoms with Crippen LogP contribution in [0.25, 0.3) is 11.0 Å². The van der Waals surface area contributed by atoms with E-state index in [1.54, 1.807) is 19.1 Å². The predicted octanol–water partition coefficient (Wildman–Crippen LogP) is 4.62. The summed E-state index contributed by atoms with van der Waals surface area (Å²) >= 11 is 0. The van der Waals surface area contributed by atoms with Crippen LogP contribution >= 0.6 is 0 Å². The highest BCUT2D eigenvalue weighted by atomic mass is 32.2. The number of anilines is 1. The SMILES string of the molecule is CCS(=O)(=O)c1ccc(CNC(=O)c2ccc3c(c2)nc(C(F)(F)F)n3CC2CCN(c3ncc(F)cn3)CC2)cc1. The number of hydrogen-bond donors (Lipinski definition) is 1. The molecule has 1 fully saturated rings. The van der Waals surface area contributed by atoms with Crippen LogP contribution in [-0.4, -0.2) is 52.7 Å². The first-order valence-electron chi connectivity index (χ1n) is 13.3. The number of nitrogens with zero attached hydrogens (tertiary/aromatic N) is 5. The first-order valence-corrected chi connectivity index (χ1v) is 15.0. The van der Waals surface area contributed by atoms with E-state index in [-0.39, 0.29) is 46.3 Å². The normalized spacial score (nSPS) is 14.8. The minimum absolute atomic E-state index is 0.0242. The van der Waals surface area contributed by atoms with Gasteiger partial charge in [-0.05, 0) is 54.7 Å². The molecule has 14 heteroatoms. The minimum atomic E-state index is -4.69. The van der Waals surface area contributed by atoms with Crippen LogP contribution in [0.4, 0.5) is 23.5 Å². The van der Waals surface area contributed by atoms with Crippen molar-refractivity contribution in [2.24, 2.45) is 5.92 Å². The van der Waals surface area contributed by atoms with E-state index in [1.165, 1.54) is 30.3 Å². The fourth-order valence-electron chi connectivity index (χ4n) is 4.98. The number of carbonyl (C=O) groups is 1. The summed E-state index contributed by atoms with van der Waals surface area (Å²) in [6.45, 7) is 2.79. The molecule has 0 bridgehead atoms. The number of rotatable bonds is 8. The number of piperidine rings is 1. The Kier molecular flexibility index (Phi) is 8.17. The molecular formula is C28H28F4N6O3S. The van der Waals surface area contributed by atoms with Gasteiger partial charge in [-0.3, -0.25) is 4.79 Å². The summed E-state index contributed by atoms with van der Waals surface area (Å²) < 4.78 is 80.2. The zero-order valence-corrected chi connectivity index (χ0v) is 23.4. The first-order chi connectivity index (χ1) is 19.9. The van der Waals surface area contributed by atoms with Crippen LogP contribution in [0.2, 0.25) is 0 Å². The molecule has 1 aliphatic heterocycles. The van der Waals surface area contributed by atoms with Gasteiger partial charge in [0.1, 0.15) is 0 Å². The van der Waals surface area contributed by atoms with Crippen molar-refractivity contribution in [3.63, 3.8) is 0 Å². The van der Waals surface area contributed by atoms with E-state index in [9.17, 15) is 30.8 Å². The summed E-state index contributed by atoms with van der Waals surface area (Å²) in [7, 11) is -3.34. The fourth-order valence-corrected chi connectivity index (χ4v) is 5.86. The molecule has 0 atom stereocenters. The molecule has 0 radical (unpaired) electrons. The molecule has 4 aromatic rings. The average molecular weight is 605 g/mol. The smallest absolute Gasteiger partial charge is 0.348 e. The number of amides is 1. The van der Waals surface area contributed by atoms with Gasteiger partial charge in [0.15, 0.2) is 15.7 Å². The highest BCUT2D eigenvalue weighted by Gasteiger charge is 2.38. The largest absolute Gasteiger partial charge is 0.449 e. The van der Waals surface area contributed by atoms with Crippen molar-refractivity contribution < 1.29 is 30.8 Å². The molecule has 2 aromatic heterocycles. The zero-order valence-electron chi connectivity index (χ0n) is 22.6. The minimum Gasteiger partial charge on any atom is -0.348 e. The summed E-state index contributed by atoms with van der Waals surface area (Å²) in [5, 5.41) is 2.71. The lowest BCUT2D eigenvalue weighted by Gasteiger charge is -2.32. The maximum Gasteiger partial charge on any atom is 0.449 e. The second kappa shape index (κ2) is 11.7. The Balaban J connectivity index is 1.28. The Morgan fingerprint density at radius 2 is 1.71 bits per heavy atom. The molecule has 222 valence electrons. The summed E-state index contributed by atoms with van der Waals surface area (Å²) in [6.07, 6.45) is -1.36. The number of alkyl halides is 3. The average Bonchev–Trinajstić information content (AvgIpc) is 3.35. The third kappa shape index (κ3) is 6.37. The van der Waals surface area contributed by atoms with E-state index in [2.05, 4.69) is 20.3 Å². The van der Waals surface area contributed by atoms with Crippen LogP contribution in [0.3, 0.4) is 0 Å². The molecule has 1 aliphatic rings. The van der Waals surface area contributed by atoms with E-state index >= 15 is 0 Å². The number of sulfone groups is 1. The summed E-state index contributed by atoms with van der Waals surface area (Å²) in [5.74, 6) is -1.78. The van der Waals surface area contributed by atoms with E-state index in [1.807, 2.05) is 4.90 Å². The molecule has 3 heterocycles. The van der Waals surface area contributed by atoms with E-state index < -0.39 is 33.6 Å². The second-order valence-electron chi connectivity index (χ2n) is 10.1. The lowest BCUT2D eigenvalue weighted by Crippen LogP contribution is -2.36. The predicted molar refractivity (Wildman–Crippen MR) is 147 cm³/mol. The fraction of sp³-hybridized carbons (Fsp3) is 0.357. The van der Waals surface area contributed by atoms with Crippen LogP contribution in [-0.2, 0) is 29.1 Å². The molecule has 0 aliphatic carbocycles. The highest BCUT2D eigenvalue weighted by molar-refractivity contribution is 7.91. The molecule has 42 heavy (non-hydrogen) atoms. The number of fused-ring (bicyclic) bond motifs is 1. The molecule has 1 amide bonds. The van der Waals surface area contributed by atoms with Crippen molar-refractivity contribution in [1.82, 2.24) is 24.8 Å². The Morgan fingerprint density at radius 3 is 2.33 bits per heavy atom. The topological polar surface area (TPSA) is 110 Å². The molecule has 9 nitrogen and oxygen atoms in total. The number of nitrogens with one attached hydrogen (secondary N) is 1. The van der Waals surface area contributed by atoms with Gasteiger partial charge in [-0.15, -0.1) is 0 Å². The van der Waals surface area contributed by atoms with Gasteiger partial charge in [0.25, 0.3) is 5.91 Å². The van der Waals surface area contributed by atoms with Gasteiger partial charge in [-0.25, -0.2) is 27.8 Å². The summed E-state index contributed by atoms with van der Waals surface area (Å²) in [6, 6.07) is 10.4. The quantitative estimate of drug-likeness (QED) is 0.292. The molecule has 2 aromatic carbocycles. The second-order valence-corrected chi connectivity index (χ2v) is 12.4. The van der Waals surface area contributed by atoms with Crippen LogP contribution in [0.5, 0.6) is 0 Å². The third-order valence-electron chi connectivity index (χ3n) is 7.32. The van der Waals surface area contributed by atoms with Crippen molar-refractivity contribution in [3.05, 3.63) is 77.6 Å². The van der Waals surface area contributed by atoms with E-state index in [0.29, 0.717) is 37.4 Å². The molecule has 5 rings (SSSR count). The molecule has 0 unspecified atom stereocenters.